The number of anilines is 1. The van der Waals surface area contributed by atoms with Gasteiger partial charge in [-0.2, -0.15) is 0 Å². The van der Waals surface area contributed by atoms with E-state index in [4.69, 9.17) is 10.5 Å². The summed E-state index contributed by atoms with van der Waals surface area (Å²) < 4.78 is 28.2. The van der Waals surface area contributed by atoms with Gasteiger partial charge in [-0.1, -0.05) is 18.2 Å². The van der Waals surface area contributed by atoms with Crippen LogP contribution in [0.2, 0.25) is 0 Å². The number of hydrogen-bond donors (Lipinski definition) is 2. The van der Waals surface area contributed by atoms with Gasteiger partial charge in [-0.25, -0.2) is 13.4 Å². The molecule has 0 saturated heterocycles. The van der Waals surface area contributed by atoms with Gasteiger partial charge < -0.3 is 15.8 Å². The maximum absolute atomic E-state index is 11.4. The molecule has 0 atom stereocenters. The van der Waals surface area contributed by atoms with Crippen molar-refractivity contribution in [3.63, 3.8) is 0 Å². The number of rotatable bonds is 6. The molecule has 23 heavy (non-hydrogen) atoms. The second kappa shape index (κ2) is 7.64. The number of nitrogens with zero attached hydrogens (tertiary/aromatic N) is 1. The fourth-order valence-corrected chi connectivity index (χ4v) is 2.45. The highest BCUT2D eigenvalue weighted by Gasteiger charge is 2.06. The van der Waals surface area contributed by atoms with Crippen molar-refractivity contribution < 1.29 is 13.2 Å². The van der Waals surface area contributed by atoms with Crippen LogP contribution in [0, 0.1) is 0 Å². The van der Waals surface area contributed by atoms with Crippen LogP contribution < -0.4 is 15.8 Å². The predicted octanol–water partition coefficient (Wildman–Crippen LogP) is 1.90. The molecule has 0 saturated carbocycles. The smallest absolute Gasteiger partial charge is 0.193 e. The zero-order valence-corrected chi connectivity index (χ0v) is 13.6. The molecule has 2 aromatic rings. The van der Waals surface area contributed by atoms with E-state index in [2.05, 4.69) is 10.3 Å². The van der Waals surface area contributed by atoms with Crippen LogP contribution in [0.25, 0.3) is 0 Å². The number of para-hydroxylation sites is 1. The number of nitrogens with one attached hydrogen (secondary N) is 1. The molecule has 0 aliphatic heterocycles. The first kappa shape index (κ1) is 16.8. The molecule has 122 valence electrons. The molecule has 0 aliphatic carbocycles. The number of aliphatic imine (C=N–C) groups is 1. The van der Waals surface area contributed by atoms with Gasteiger partial charge in [0.15, 0.2) is 15.8 Å². The summed E-state index contributed by atoms with van der Waals surface area (Å²) in [4.78, 5) is 4.42. The van der Waals surface area contributed by atoms with E-state index in [1.165, 1.54) is 18.4 Å². The van der Waals surface area contributed by atoms with Gasteiger partial charge in [-0.05, 0) is 36.4 Å². The van der Waals surface area contributed by atoms with E-state index in [0.29, 0.717) is 24.9 Å². The highest BCUT2D eigenvalue weighted by Crippen LogP contribution is 2.15. The van der Waals surface area contributed by atoms with Crippen LogP contribution >= 0.6 is 0 Å². The lowest BCUT2D eigenvalue weighted by Crippen LogP contribution is -2.23. The minimum atomic E-state index is -3.19. The third-order valence-corrected chi connectivity index (χ3v) is 4.07. The van der Waals surface area contributed by atoms with Crippen molar-refractivity contribution in [1.82, 2.24) is 0 Å². The average molecular weight is 333 g/mol. The van der Waals surface area contributed by atoms with E-state index < -0.39 is 9.84 Å². The Bertz CT molecular complexity index is 757. The predicted molar refractivity (Wildman–Crippen MR) is 91.6 cm³/mol. The average Bonchev–Trinajstić information content (AvgIpc) is 2.52. The summed E-state index contributed by atoms with van der Waals surface area (Å²) in [6.45, 7) is 0.731. The zero-order chi connectivity index (χ0) is 16.7. The lowest BCUT2D eigenvalue weighted by Gasteiger charge is -2.07. The third-order valence-electron chi connectivity index (χ3n) is 2.94. The minimum absolute atomic E-state index is 0.263. The van der Waals surface area contributed by atoms with E-state index in [-0.39, 0.29) is 4.90 Å². The summed E-state index contributed by atoms with van der Waals surface area (Å²) in [7, 11) is -3.19. The summed E-state index contributed by atoms with van der Waals surface area (Å²) in [5.41, 5.74) is 6.64. The fraction of sp³-hybridized carbons (Fsp3) is 0.188. The van der Waals surface area contributed by atoms with Crippen LogP contribution in [-0.2, 0) is 9.84 Å². The highest BCUT2D eigenvalue weighted by atomic mass is 32.2. The number of nitrogens with two attached hydrogens (primary N) is 1. The van der Waals surface area contributed by atoms with Gasteiger partial charge in [-0.15, -0.1) is 0 Å². The summed E-state index contributed by atoms with van der Waals surface area (Å²) in [6.07, 6.45) is 1.17. The normalized spacial score (nSPS) is 12.0. The topological polar surface area (TPSA) is 93.8 Å². The monoisotopic (exact) mass is 333 g/mol. The Morgan fingerprint density at radius 3 is 2.39 bits per heavy atom. The van der Waals surface area contributed by atoms with E-state index >= 15 is 0 Å². The first-order valence-electron chi connectivity index (χ1n) is 7.00. The van der Waals surface area contributed by atoms with Crippen molar-refractivity contribution in [2.24, 2.45) is 10.7 Å². The molecule has 0 heterocycles. The quantitative estimate of drug-likeness (QED) is 0.478. The molecular formula is C16H19N3O3S. The molecule has 2 aromatic carbocycles. The molecule has 6 nitrogen and oxygen atoms in total. The van der Waals surface area contributed by atoms with Crippen LogP contribution in [-0.4, -0.2) is 33.8 Å². The maximum atomic E-state index is 11.4. The molecule has 3 N–H and O–H groups in total. The molecule has 2 rings (SSSR count). The molecule has 0 amide bonds. The molecular weight excluding hydrogens is 314 g/mol. The molecule has 0 aliphatic rings. The van der Waals surface area contributed by atoms with Crippen LogP contribution in [0.1, 0.15) is 0 Å². The first-order chi connectivity index (χ1) is 10.9. The summed E-state index contributed by atoms with van der Waals surface area (Å²) in [5.74, 6) is 0.898. The molecule has 0 radical (unpaired) electrons. The Morgan fingerprint density at radius 2 is 1.78 bits per heavy atom. The highest BCUT2D eigenvalue weighted by molar-refractivity contribution is 7.90. The van der Waals surface area contributed by atoms with Gasteiger partial charge in [0.05, 0.1) is 11.4 Å². The van der Waals surface area contributed by atoms with Crippen molar-refractivity contribution in [3.05, 3.63) is 54.6 Å². The van der Waals surface area contributed by atoms with Gasteiger partial charge in [0, 0.05) is 11.9 Å². The summed E-state index contributed by atoms with van der Waals surface area (Å²) in [5, 5.41) is 2.97. The van der Waals surface area contributed by atoms with Gasteiger partial charge >= 0.3 is 0 Å². The summed E-state index contributed by atoms with van der Waals surface area (Å²) >= 11 is 0. The second-order valence-electron chi connectivity index (χ2n) is 4.85. The number of guanidine groups is 1. The molecule has 0 spiro atoms. The van der Waals surface area contributed by atoms with Crippen molar-refractivity contribution in [2.75, 3.05) is 24.7 Å². The van der Waals surface area contributed by atoms with Gasteiger partial charge in [0.2, 0.25) is 0 Å². The number of sulfone groups is 1. The fourth-order valence-electron chi connectivity index (χ4n) is 1.82. The lowest BCUT2D eigenvalue weighted by molar-refractivity contribution is 0.328. The molecule has 0 unspecified atom stereocenters. The first-order valence-corrected chi connectivity index (χ1v) is 8.89. The zero-order valence-electron chi connectivity index (χ0n) is 12.8. The SMILES string of the molecule is CS(=O)(=O)c1ccc(OCCN=C(N)Nc2ccccc2)cc1. The number of ether oxygens (including phenoxy) is 1. The van der Waals surface area contributed by atoms with E-state index in [9.17, 15) is 8.42 Å². The standard InChI is InChI=1S/C16H19N3O3S/c1-23(20,21)15-9-7-14(8-10-15)22-12-11-18-16(17)19-13-5-3-2-4-6-13/h2-10H,11-12H2,1H3,(H3,17,18,19). The minimum Gasteiger partial charge on any atom is -0.492 e. The van der Waals surface area contributed by atoms with Gasteiger partial charge in [0.1, 0.15) is 12.4 Å². The van der Waals surface area contributed by atoms with E-state index in [1.807, 2.05) is 30.3 Å². The number of hydrogen-bond acceptors (Lipinski definition) is 4. The van der Waals surface area contributed by atoms with Crippen molar-refractivity contribution in [2.45, 2.75) is 4.90 Å². The Balaban J connectivity index is 1.79. The van der Waals surface area contributed by atoms with E-state index in [0.717, 1.165) is 5.69 Å². The van der Waals surface area contributed by atoms with Crippen LogP contribution in [0.5, 0.6) is 5.75 Å². The van der Waals surface area contributed by atoms with Crippen LogP contribution in [0.4, 0.5) is 5.69 Å². The largest absolute Gasteiger partial charge is 0.492 e. The second-order valence-corrected chi connectivity index (χ2v) is 6.87. The Kier molecular flexibility index (Phi) is 5.59. The van der Waals surface area contributed by atoms with Crippen molar-refractivity contribution in [1.29, 1.82) is 0 Å². The van der Waals surface area contributed by atoms with Crippen LogP contribution in [0.3, 0.4) is 0 Å². The molecule has 0 bridgehead atoms. The van der Waals surface area contributed by atoms with Gasteiger partial charge in [0.25, 0.3) is 0 Å². The Hall–Kier alpha value is -2.54. The van der Waals surface area contributed by atoms with Gasteiger partial charge in [-0.3, -0.25) is 0 Å². The summed E-state index contributed by atoms with van der Waals surface area (Å²) in [6, 6.07) is 15.8. The van der Waals surface area contributed by atoms with E-state index in [1.54, 1.807) is 12.1 Å². The maximum Gasteiger partial charge on any atom is 0.193 e. The molecule has 0 aromatic heterocycles. The van der Waals surface area contributed by atoms with Crippen molar-refractivity contribution in [3.8, 4) is 5.75 Å². The van der Waals surface area contributed by atoms with Crippen molar-refractivity contribution >= 4 is 21.5 Å². The van der Waals surface area contributed by atoms with Crippen LogP contribution in [0.15, 0.2) is 64.5 Å². The third kappa shape index (κ3) is 5.63. The lowest BCUT2D eigenvalue weighted by atomic mass is 10.3. The molecule has 7 heteroatoms. The molecule has 0 fully saturated rings. The Morgan fingerprint density at radius 1 is 1.13 bits per heavy atom. The number of benzene rings is 2. The Labute approximate surface area is 135 Å².